The van der Waals surface area contributed by atoms with Crippen LogP contribution in [-0.4, -0.2) is 23.9 Å². The van der Waals surface area contributed by atoms with Crippen LogP contribution < -0.4 is 10.6 Å². The van der Waals surface area contributed by atoms with E-state index < -0.39 is 4.92 Å². The number of carbonyl (C=O) groups is 1. The van der Waals surface area contributed by atoms with Gasteiger partial charge in [-0.3, -0.25) is 14.9 Å². The molecule has 114 valence electrons. The minimum Gasteiger partial charge on any atom is -0.380 e. The monoisotopic (exact) mass is 291 g/mol. The van der Waals surface area contributed by atoms with Crippen molar-refractivity contribution in [1.82, 2.24) is 5.32 Å². The molecule has 1 aromatic rings. The van der Waals surface area contributed by atoms with Crippen LogP contribution in [-0.2, 0) is 0 Å². The molecule has 0 aromatic heterocycles. The van der Waals surface area contributed by atoms with E-state index in [-0.39, 0.29) is 11.6 Å². The smallest absolute Gasteiger partial charge is 0.292 e. The van der Waals surface area contributed by atoms with Crippen molar-refractivity contribution in [1.29, 1.82) is 0 Å². The molecular weight excluding hydrogens is 270 g/mol. The molecule has 21 heavy (non-hydrogen) atoms. The van der Waals surface area contributed by atoms with Crippen LogP contribution in [0.3, 0.4) is 0 Å². The first kappa shape index (κ1) is 15.3. The Morgan fingerprint density at radius 3 is 2.81 bits per heavy atom. The van der Waals surface area contributed by atoms with Crippen molar-refractivity contribution >= 4 is 17.3 Å². The van der Waals surface area contributed by atoms with Gasteiger partial charge in [0.25, 0.3) is 11.6 Å². The van der Waals surface area contributed by atoms with Crippen molar-refractivity contribution in [3.05, 3.63) is 33.9 Å². The molecule has 1 aromatic carbocycles. The SMILES string of the molecule is CCNc1cc(C(=O)NCCCC2CC2)ccc1[N+](=O)[O-]. The lowest BCUT2D eigenvalue weighted by Crippen LogP contribution is -2.24. The molecule has 6 heteroatoms. The fraction of sp³-hybridized carbons (Fsp3) is 0.533. The molecule has 2 N–H and O–H groups in total. The van der Waals surface area contributed by atoms with Crippen molar-refractivity contribution in [2.24, 2.45) is 5.92 Å². The van der Waals surface area contributed by atoms with Crippen LogP contribution in [0.15, 0.2) is 18.2 Å². The molecule has 1 amide bonds. The highest BCUT2D eigenvalue weighted by Gasteiger charge is 2.20. The lowest BCUT2D eigenvalue weighted by atomic mass is 10.1. The second kappa shape index (κ2) is 7.06. The minimum atomic E-state index is -0.449. The molecule has 6 nitrogen and oxygen atoms in total. The number of nitro benzene ring substituents is 1. The summed E-state index contributed by atoms with van der Waals surface area (Å²) < 4.78 is 0. The Bertz CT molecular complexity index is 527. The van der Waals surface area contributed by atoms with E-state index in [1.54, 1.807) is 0 Å². The van der Waals surface area contributed by atoms with Crippen molar-refractivity contribution in [2.45, 2.75) is 32.6 Å². The summed E-state index contributed by atoms with van der Waals surface area (Å²) in [6, 6.07) is 4.41. The standard InChI is InChI=1S/C15H21N3O3/c1-2-16-13-10-12(7-8-14(13)18(20)21)15(19)17-9-3-4-11-5-6-11/h7-8,10-11,16H,2-6,9H2,1H3,(H,17,19). The Morgan fingerprint density at radius 1 is 1.43 bits per heavy atom. The first-order valence-corrected chi connectivity index (χ1v) is 7.42. The van der Waals surface area contributed by atoms with E-state index in [2.05, 4.69) is 10.6 Å². The fourth-order valence-corrected chi connectivity index (χ4v) is 2.27. The molecule has 1 saturated carbocycles. The van der Waals surface area contributed by atoms with Crippen LogP contribution in [0.2, 0.25) is 0 Å². The highest BCUT2D eigenvalue weighted by Crippen LogP contribution is 2.33. The predicted octanol–water partition coefficient (Wildman–Crippen LogP) is 2.95. The molecule has 0 aliphatic heterocycles. The largest absolute Gasteiger partial charge is 0.380 e. The second-order valence-corrected chi connectivity index (χ2v) is 5.36. The quantitative estimate of drug-likeness (QED) is 0.438. The Morgan fingerprint density at radius 2 is 2.19 bits per heavy atom. The number of carbonyl (C=O) groups excluding carboxylic acids is 1. The van der Waals surface area contributed by atoms with Gasteiger partial charge < -0.3 is 10.6 Å². The normalized spacial score (nSPS) is 13.8. The van der Waals surface area contributed by atoms with Crippen molar-refractivity contribution in [3.63, 3.8) is 0 Å². The first-order valence-electron chi connectivity index (χ1n) is 7.42. The summed E-state index contributed by atoms with van der Waals surface area (Å²) in [6.07, 6.45) is 4.80. The molecule has 0 saturated heterocycles. The summed E-state index contributed by atoms with van der Waals surface area (Å²) in [5, 5.41) is 16.7. The van der Waals surface area contributed by atoms with Crippen LogP contribution in [0, 0.1) is 16.0 Å². The van der Waals surface area contributed by atoms with Gasteiger partial charge in [-0.2, -0.15) is 0 Å². The summed E-state index contributed by atoms with van der Waals surface area (Å²) >= 11 is 0. The maximum absolute atomic E-state index is 12.0. The number of hydrogen-bond donors (Lipinski definition) is 2. The third-order valence-electron chi connectivity index (χ3n) is 3.59. The third-order valence-corrected chi connectivity index (χ3v) is 3.59. The van der Waals surface area contributed by atoms with Crippen molar-refractivity contribution < 1.29 is 9.72 Å². The summed E-state index contributed by atoms with van der Waals surface area (Å²) in [5.74, 6) is 0.682. The van der Waals surface area contributed by atoms with E-state index in [0.29, 0.717) is 24.3 Å². The van der Waals surface area contributed by atoms with Gasteiger partial charge in [-0.1, -0.05) is 12.8 Å². The molecule has 0 unspecified atom stereocenters. The zero-order valence-electron chi connectivity index (χ0n) is 12.2. The Labute approximate surface area is 124 Å². The number of anilines is 1. The number of amides is 1. The Balaban J connectivity index is 1.95. The molecule has 0 heterocycles. The maximum Gasteiger partial charge on any atom is 0.292 e. The average molecular weight is 291 g/mol. The molecule has 0 radical (unpaired) electrons. The van der Waals surface area contributed by atoms with E-state index >= 15 is 0 Å². The van der Waals surface area contributed by atoms with Crippen LogP contribution in [0.4, 0.5) is 11.4 Å². The first-order chi connectivity index (χ1) is 10.1. The van der Waals surface area contributed by atoms with Gasteiger partial charge in [0.05, 0.1) is 4.92 Å². The van der Waals surface area contributed by atoms with Crippen LogP contribution in [0.5, 0.6) is 0 Å². The summed E-state index contributed by atoms with van der Waals surface area (Å²) in [5.41, 5.74) is 0.818. The molecule has 0 atom stereocenters. The average Bonchev–Trinajstić information content (AvgIpc) is 3.27. The van der Waals surface area contributed by atoms with Gasteiger partial charge >= 0.3 is 0 Å². The van der Waals surface area contributed by atoms with Crippen LogP contribution in [0.1, 0.15) is 43.0 Å². The van der Waals surface area contributed by atoms with Crippen molar-refractivity contribution in [2.75, 3.05) is 18.4 Å². The van der Waals surface area contributed by atoms with Crippen LogP contribution >= 0.6 is 0 Å². The van der Waals surface area contributed by atoms with Gasteiger partial charge in [0.15, 0.2) is 0 Å². The Hall–Kier alpha value is -2.11. The fourth-order valence-electron chi connectivity index (χ4n) is 2.27. The Kier molecular flexibility index (Phi) is 5.14. The van der Waals surface area contributed by atoms with Gasteiger partial charge in [-0.25, -0.2) is 0 Å². The molecule has 0 bridgehead atoms. The van der Waals surface area contributed by atoms with E-state index in [9.17, 15) is 14.9 Å². The number of benzene rings is 1. The zero-order valence-corrected chi connectivity index (χ0v) is 12.2. The predicted molar refractivity (Wildman–Crippen MR) is 81.6 cm³/mol. The molecule has 0 spiro atoms. The summed E-state index contributed by atoms with van der Waals surface area (Å²) in [6.45, 7) is 3.07. The van der Waals surface area contributed by atoms with Gasteiger partial charge in [-0.05, 0) is 37.8 Å². The number of rotatable bonds is 8. The van der Waals surface area contributed by atoms with E-state index in [1.807, 2.05) is 6.92 Å². The van der Waals surface area contributed by atoms with Crippen LogP contribution in [0.25, 0.3) is 0 Å². The molecule has 1 fully saturated rings. The zero-order chi connectivity index (χ0) is 15.2. The van der Waals surface area contributed by atoms with E-state index in [0.717, 1.165) is 12.3 Å². The van der Waals surface area contributed by atoms with Crippen molar-refractivity contribution in [3.8, 4) is 0 Å². The summed E-state index contributed by atoms with van der Waals surface area (Å²) in [4.78, 5) is 22.5. The topological polar surface area (TPSA) is 84.3 Å². The third kappa shape index (κ3) is 4.44. The molecule has 1 aliphatic carbocycles. The molecular formula is C15H21N3O3. The van der Waals surface area contributed by atoms with Gasteiger partial charge in [0.1, 0.15) is 5.69 Å². The number of nitrogens with one attached hydrogen (secondary N) is 2. The highest BCUT2D eigenvalue weighted by atomic mass is 16.6. The van der Waals surface area contributed by atoms with Gasteiger partial charge in [-0.15, -0.1) is 0 Å². The van der Waals surface area contributed by atoms with Gasteiger partial charge in [0, 0.05) is 24.7 Å². The van der Waals surface area contributed by atoms with E-state index in [4.69, 9.17) is 0 Å². The lowest BCUT2D eigenvalue weighted by Gasteiger charge is -2.08. The number of nitro groups is 1. The molecule has 1 aliphatic rings. The second-order valence-electron chi connectivity index (χ2n) is 5.36. The minimum absolute atomic E-state index is 0.0119. The maximum atomic E-state index is 12.0. The lowest BCUT2D eigenvalue weighted by molar-refractivity contribution is -0.384. The number of nitrogens with zero attached hydrogens (tertiary/aromatic N) is 1. The summed E-state index contributed by atoms with van der Waals surface area (Å²) in [7, 11) is 0. The van der Waals surface area contributed by atoms with E-state index in [1.165, 1.54) is 37.5 Å². The highest BCUT2D eigenvalue weighted by molar-refractivity contribution is 5.95. The number of hydrogen-bond acceptors (Lipinski definition) is 4. The molecule has 2 rings (SSSR count). The van der Waals surface area contributed by atoms with Gasteiger partial charge in [0.2, 0.25) is 0 Å².